The van der Waals surface area contributed by atoms with Crippen LogP contribution in [0.2, 0.25) is 0 Å². The van der Waals surface area contributed by atoms with Crippen molar-refractivity contribution < 1.29 is 35.1 Å². The van der Waals surface area contributed by atoms with Crippen LogP contribution in [0.1, 0.15) is 67.6 Å². The minimum Gasteiger partial charge on any atom is -0.508 e. The minimum absolute atomic E-state index is 0.0407. The topological polar surface area (TPSA) is 139 Å². The van der Waals surface area contributed by atoms with E-state index in [1.807, 2.05) is 23.5 Å². The van der Waals surface area contributed by atoms with E-state index in [2.05, 4.69) is 35.4 Å². The van der Waals surface area contributed by atoms with Crippen molar-refractivity contribution in [3.8, 4) is 17.2 Å². The van der Waals surface area contributed by atoms with E-state index in [0.29, 0.717) is 44.5 Å². The first-order valence-electron chi connectivity index (χ1n) is 17.2. The molecule has 0 spiro atoms. The lowest BCUT2D eigenvalue weighted by Crippen LogP contribution is -2.41. The van der Waals surface area contributed by atoms with Crippen LogP contribution in [0.4, 0.5) is 0 Å². The molecule has 0 unspecified atom stereocenters. The number of carboxylic acids is 2. The summed E-state index contributed by atoms with van der Waals surface area (Å²) in [5.74, 6) is -2.87. The number of rotatable bonds is 10. The Hall–Kier alpha value is -5.38. The largest absolute Gasteiger partial charge is 0.508 e. The van der Waals surface area contributed by atoms with Gasteiger partial charge in [-0.3, -0.25) is 4.90 Å². The minimum atomic E-state index is -1.28. The standard InChI is InChI=1S/C23H16O6.C19H25NOS/c24-20-16(14-7-3-1-5-12(14)9-18(20)22(26)27)11-17-15-8-4-2-6-13(15)10-19(21(17)25)23(28)29;1-2-11-20(12-10-17-6-4-13-22-17)16-8-9-18-15(14-16)5-3-7-19(18)21/h1-10,24-25H,11H2,(H,26,27)(H,28,29);3-7,13,16,21H,2,8-12,14H2,1H3/t;16-/m.0/s1. The molecule has 51 heavy (non-hydrogen) atoms. The molecule has 9 heteroatoms. The third kappa shape index (κ3) is 7.70. The predicted octanol–water partition coefficient (Wildman–Crippen LogP) is 8.66. The van der Waals surface area contributed by atoms with Crippen LogP contribution in [-0.2, 0) is 25.7 Å². The summed E-state index contributed by atoms with van der Waals surface area (Å²) in [4.78, 5) is 27.4. The second kappa shape index (κ2) is 15.7. The second-order valence-electron chi connectivity index (χ2n) is 12.9. The van der Waals surface area contributed by atoms with Crippen molar-refractivity contribution in [2.75, 3.05) is 13.1 Å². The highest BCUT2D eigenvalue weighted by atomic mass is 32.1. The zero-order chi connectivity index (χ0) is 36.1. The predicted molar refractivity (Wildman–Crippen MR) is 202 cm³/mol. The van der Waals surface area contributed by atoms with E-state index in [0.717, 1.165) is 32.2 Å². The van der Waals surface area contributed by atoms with Gasteiger partial charge in [0.05, 0.1) is 0 Å². The van der Waals surface area contributed by atoms with Gasteiger partial charge in [0.15, 0.2) is 0 Å². The van der Waals surface area contributed by atoms with Crippen molar-refractivity contribution in [3.63, 3.8) is 0 Å². The molecule has 1 heterocycles. The number of hydrogen-bond donors (Lipinski definition) is 5. The number of fused-ring (bicyclic) bond motifs is 3. The summed E-state index contributed by atoms with van der Waals surface area (Å²) in [6.07, 6.45) is 5.56. The monoisotopic (exact) mass is 703 g/mol. The lowest BCUT2D eigenvalue weighted by Gasteiger charge is -2.35. The van der Waals surface area contributed by atoms with Crippen LogP contribution in [0.15, 0.2) is 96.4 Å². The molecular weight excluding hydrogens is 663 g/mol. The maximum absolute atomic E-state index is 11.6. The summed E-state index contributed by atoms with van der Waals surface area (Å²) in [5.41, 5.74) is 2.63. The summed E-state index contributed by atoms with van der Waals surface area (Å²) < 4.78 is 0. The van der Waals surface area contributed by atoms with Crippen molar-refractivity contribution in [2.24, 2.45) is 0 Å². The molecule has 1 aliphatic rings. The van der Waals surface area contributed by atoms with Crippen molar-refractivity contribution in [1.29, 1.82) is 0 Å². The molecule has 0 saturated heterocycles. The Kier molecular flexibility index (Phi) is 10.9. The number of nitrogens with zero attached hydrogens (tertiary/aromatic N) is 1. The molecule has 0 aliphatic heterocycles. The first-order chi connectivity index (χ1) is 24.7. The fraction of sp³-hybridized carbons (Fsp3) is 0.238. The highest BCUT2D eigenvalue weighted by Crippen LogP contribution is 2.39. The van der Waals surface area contributed by atoms with Gasteiger partial charge in [-0.15, -0.1) is 11.3 Å². The molecule has 262 valence electrons. The Bertz CT molecular complexity index is 2090. The Morgan fingerprint density at radius 3 is 1.92 bits per heavy atom. The van der Waals surface area contributed by atoms with Crippen LogP contribution in [-0.4, -0.2) is 61.5 Å². The fourth-order valence-corrected chi connectivity index (χ4v) is 7.93. The number of benzene rings is 5. The number of aromatic hydroxyl groups is 3. The van der Waals surface area contributed by atoms with E-state index in [9.17, 15) is 35.1 Å². The van der Waals surface area contributed by atoms with E-state index < -0.39 is 23.4 Å². The first kappa shape index (κ1) is 35.4. The normalized spacial score (nSPS) is 13.9. The number of phenolic OH excluding ortho intramolecular Hbond substituents is 1. The number of aromatic carboxylic acids is 2. The molecule has 1 aliphatic carbocycles. The van der Waals surface area contributed by atoms with Crippen molar-refractivity contribution in [1.82, 2.24) is 4.90 Å². The van der Waals surface area contributed by atoms with E-state index in [4.69, 9.17) is 0 Å². The maximum atomic E-state index is 11.6. The smallest absolute Gasteiger partial charge is 0.339 e. The fourth-order valence-electron chi connectivity index (χ4n) is 7.24. The summed E-state index contributed by atoms with van der Waals surface area (Å²) in [6.45, 7) is 4.58. The van der Waals surface area contributed by atoms with Gasteiger partial charge in [0.25, 0.3) is 0 Å². The lowest BCUT2D eigenvalue weighted by molar-refractivity contribution is 0.0682. The molecule has 0 radical (unpaired) electrons. The highest BCUT2D eigenvalue weighted by Gasteiger charge is 2.26. The molecule has 6 aromatic rings. The quantitative estimate of drug-likeness (QED) is 0.0956. The third-order valence-corrected chi connectivity index (χ3v) is 10.7. The van der Waals surface area contributed by atoms with Gasteiger partial charge < -0.3 is 25.5 Å². The summed E-state index contributed by atoms with van der Waals surface area (Å²) in [5, 5.41) is 55.0. The highest BCUT2D eigenvalue weighted by molar-refractivity contribution is 7.09. The molecule has 1 atom stereocenters. The molecule has 0 amide bonds. The van der Waals surface area contributed by atoms with Gasteiger partial charge in [0, 0.05) is 35.0 Å². The number of phenols is 3. The molecule has 8 nitrogen and oxygen atoms in total. The van der Waals surface area contributed by atoms with Gasteiger partial charge in [-0.1, -0.05) is 73.7 Å². The third-order valence-electron chi connectivity index (χ3n) is 9.75. The van der Waals surface area contributed by atoms with Crippen LogP contribution in [0.5, 0.6) is 17.2 Å². The Morgan fingerprint density at radius 1 is 0.765 bits per heavy atom. The molecular formula is C42H41NO7S. The molecule has 5 N–H and O–H groups in total. The SMILES string of the molecule is CCCN(CCc1cccs1)[C@H]1CCc2c(O)cccc2C1.O=C(O)c1cc2ccccc2c(Cc2c(O)c(C(=O)O)cc3ccccc23)c1O. The lowest BCUT2D eigenvalue weighted by atomic mass is 9.86. The van der Waals surface area contributed by atoms with Crippen LogP contribution in [0.25, 0.3) is 21.5 Å². The van der Waals surface area contributed by atoms with Gasteiger partial charge in [-0.05, 0) is 101 Å². The number of thiophene rings is 1. The number of carbonyl (C=O) groups is 2. The number of hydrogen-bond acceptors (Lipinski definition) is 7. The summed E-state index contributed by atoms with van der Waals surface area (Å²) >= 11 is 1.86. The Morgan fingerprint density at radius 2 is 1.37 bits per heavy atom. The Labute approximate surface area is 300 Å². The van der Waals surface area contributed by atoms with Gasteiger partial charge in [0.2, 0.25) is 0 Å². The average molecular weight is 704 g/mol. The molecule has 0 fully saturated rings. The Balaban J connectivity index is 0.000000183. The van der Waals surface area contributed by atoms with Crippen LogP contribution in [0.3, 0.4) is 0 Å². The van der Waals surface area contributed by atoms with E-state index >= 15 is 0 Å². The zero-order valence-corrected chi connectivity index (χ0v) is 29.2. The average Bonchev–Trinajstić information content (AvgIpc) is 3.66. The van der Waals surface area contributed by atoms with Gasteiger partial charge in [-0.2, -0.15) is 0 Å². The number of carboxylic acid groups (broad SMARTS) is 2. The molecule has 0 bridgehead atoms. The van der Waals surface area contributed by atoms with Gasteiger partial charge >= 0.3 is 11.9 Å². The van der Waals surface area contributed by atoms with E-state index in [-0.39, 0.29) is 17.5 Å². The zero-order valence-electron chi connectivity index (χ0n) is 28.4. The maximum Gasteiger partial charge on any atom is 0.339 e. The van der Waals surface area contributed by atoms with Crippen molar-refractivity contribution in [3.05, 3.63) is 135 Å². The van der Waals surface area contributed by atoms with Crippen LogP contribution < -0.4 is 0 Å². The van der Waals surface area contributed by atoms with E-state index in [1.165, 1.54) is 41.1 Å². The molecule has 5 aromatic carbocycles. The van der Waals surface area contributed by atoms with Gasteiger partial charge in [0.1, 0.15) is 28.4 Å². The van der Waals surface area contributed by atoms with Crippen molar-refractivity contribution in [2.45, 2.75) is 51.5 Å². The van der Waals surface area contributed by atoms with Crippen LogP contribution in [0, 0.1) is 0 Å². The van der Waals surface area contributed by atoms with Crippen LogP contribution >= 0.6 is 11.3 Å². The summed E-state index contributed by atoms with van der Waals surface area (Å²) in [6, 6.07) is 27.8. The molecule has 0 saturated carbocycles. The molecule has 1 aromatic heterocycles. The summed E-state index contributed by atoms with van der Waals surface area (Å²) in [7, 11) is 0. The first-order valence-corrected chi connectivity index (χ1v) is 18.0. The van der Waals surface area contributed by atoms with Crippen molar-refractivity contribution >= 4 is 44.8 Å². The van der Waals surface area contributed by atoms with Gasteiger partial charge in [-0.25, -0.2) is 9.59 Å². The molecule has 7 rings (SSSR count). The van der Waals surface area contributed by atoms with E-state index in [1.54, 1.807) is 48.5 Å². The second-order valence-corrected chi connectivity index (χ2v) is 13.9.